The Kier molecular flexibility index (Phi) is 2.49. The van der Waals surface area contributed by atoms with Crippen molar-refractivity contribution in [2.24, 2.45) is 5.92 Å². The lowest BCUT2D eigenvalue weighted by Gasteiger charge is -2.40. The predicted molar refractivity (Wildman–Crippen MR) is 63.9 cm³/mol. The number of hydroxylamine groups is 1. The van der Waals surface area contributed by atoms with Crippen LogP contribution in [0.1, 0.15) is 36.8 Å². The highest BCUT2D eigenvalue weighted by Crippen LogP contribution is 2.49. The van der Waals surface area contributed by atoms with Gasteiger partial charge in [-0.05, 0) is 36.3 Å². The van der Waals surface area contributed by atoms with Gasteiger partial charge in [-0.1, -0.05) is 37.1 Å². The largest absolute Gasteiger partial charge is 0.304 e. The quantitative estimate of drug-likeness (QED) is 0.769. The maximum Gasteiger partial charge on any atom is 0.0714 e. The Labute approximate surface area is 97.0 Å². The van der Waals surface area contributed by atoms with E-state index in [4.69, 9.17) is 4.84 Å². The van der Waals surface area contributed by atoms with Gasteiger partial charge in [-0.25, -0.2) is 0 Å². The van der Waals surface area contributed by atoms with Gasteiger partial charge in [0.1, 0.15) is 0 Å². The lowest BCUT2D eigenvalue weighted by atomic mass is 9.73. The lowest BCUT2D eigenvalue weighted by Crippen LogP contribution is -2.47. The molecule has 1 N–H and O–H groups in total. The first kappa shape index (κ1) is 10.3. The first-order chi connectivity index (χ1) is 7.87. The third kappa shape index (κ3) is 1.33. The number of nitrogens with one attached hydrogen (secondary N) is 1. The molecular formula is C14H19NO. The van der Waals surface area contributed by atoms with E-state index >= 15 is 0 Å². The summed E-state index contributed by atoms with van der Waals surface area (Å²) in [6.45, 7) is 0. The molecule has 1 saturated carbocycles. The third-order valence-corrected chi connectivity index (χ3v) is 4.32. The van der Waals surface area contributed by atoms with Gasteiger partial charge in [0.25, 0.3) is 0 Å². The Morgan fingerprint density at radius 1 is 1.31 bits per heavy atom. The maximum atomic E-state index is 5.29. The number of rotatable bonds is 2. The normalized spacial score (nSPS) is 32.2. The molecule has 0 aromatic heterocycles. The lowest BCUT2D eigenvalue weighted by molar-refractivity contribution is -0.0306. The second kappa shape index (κ2) is 3.86. The van der Waals surface area contributed by atoms with E-state index in [1.807, 2.05) is 0 Å². The fraction of sp³-hybridized carbons (Fsp3) is 0.571. The zero-order valence-corrected chi connectivity index (χ0v) is 9.83. The molecule has 16 heavy (non-hydrogen) atoms. The first-order valence-electron chi connectivity index (χ1n) is 6.25. The second-order valence-electron chi connectivity index (χ2n) is 5.08. The molecule has 0 amide bonds. The molecule has 1 fully saturated rings. The molecule has 0 spiro atoms. The van der Waals surface area contributed by atoms with Crippen LogP contribution in [-0.2, 0) is 16.8 Å². The van der Waals surface area contributed by atoms with Crippen LogP contribution in [0.3, 0.4) is 0 Å². The van der Waals surface area contributed by atoms with Gasteiger partial charge < -0.3 is 4.84 Å². The summed E-state index contributed by atoms with van der Waals surface area (Å²) in [7, 11) is 1.74. The third-order valence-electron chi connectivity index (χ3n) is 4.32. The van der Waals surface area contributed by atoms with Crippen LogP contribution < -0.4 is 5.48 Å². The van der Waals surface area contributed by atoms with E-state index in [2.05, 4.69) is 29.7 Å². The fourth-order valence-electron chi connectivity index (χ4n) is 3.65. The van der Waals surface area contributed by atoms with Gasteiger partial charge >= 0.3 is 0 Å². The Hall–Kier alpha value is -0.860. The van der Waals surface area contributed by atoms with Crippen molar-refractivity contribution < 1.29 is 4.84 Å². The van der Waals surface area contributed by atoms with Crippen molar-refractivity contribution in [2.75, 3.05) is 7.11 Å². The summed E-state index contributed by atoms with van der Waals surface area (Å²) in [4.78, 5) is 5.29. The van der Waals surface area contributed by atoms with Crippen LogP contribution in [0.25, 0.3) is 0 Å². The fourth-order valence-corrected chi connectivity index (χ4v) is 3.65. The Balaban J connectivity index is 2.06. The number of fused-ring (bicyclic) bond motifs is 3. The molecule has 1 aromatic carbocycles. The Morgan fingerprint density at radius 2 is 2.19 bits per heavy atom. The molecule has 3 rings (SSSR count). The van der Waals surface area contributed by atoms with Crippen LogP contribution in [0.4, 0.5) is 0 Å². The minimum atomic E-state index is 0.101. The smallest absolute Gasteiger partial charge is 0.0714 e. The average Bonchev–Trinajstić information content (AvgIpc) is 2.64. The zero-order valence-electron chi connectivity index (χ0n) is 9.83. The van der Waals surface area contributed by atoms with Crippen molar-refractivity contribution in [3.8, 4) is 0 Å². The topological polar surface area (TPSA) is 21.3 Å². The molecular weight excluding hydrogens is 198 g/mol. The summed E-state index contributed by atoms with van der Waals surface area (Å²) in [6.07, 6.45) is 6.42. The second-order valence-corrected chi connectivity index (χ2v) is 5.08. The maximum absolute atomic E-state index is 5.29. The van der Waals surface area contributed by atoms with Crippen molar-refractivity contribution in [1.82, 2.24) is 5.48 Å². The van der Waals surface area contributed by atoms with Gasteiger partial charge in [-0.2, -0.15) is 5.48 Å². The van der Waals surface area contributed by atoms with Crippen molar-refractivity contribution in [3.63, 3.8) is 0 Å². The van der Waals surface area contributed by atoms with E-state index < -0.39 is 0 Å². The van der Waals surface area contributed by atoms with Crippen molar-refractivity contribution in [2.45, 2.75) is 37.6 Å². The van der Waals surface area contributed by atoms with Crippen molar-refractivity contribution >= 4 is 0 Å². The first-order valence-corrected chi connectivity index (χ1v) is 6.25. The van der Waals surface area contributed by atoms with Gasteiger partial charge in [-0.15, -0.1) is 0 Å². The van der Waals surface area contributed by atoms with E-state index in [0.717, 1.165) is 5.92 Å². The molecule has 2 nitrogen and oxygen atoms in total. The molecule has 2 aliphatic carbocycles. The van der Waals surface area contributed by atoms with E-state index in [-0.39, 0.29) is 5.54 Å². The van der Waals surface area contributed by atoms with Crippen LogP contribution in [0.5, 0.6) is 0 Å². The minimum absolute atomic E-state index is 0.101. The van der Waals surface area contributed by atoms with Gasteiger partial charge in [0, 0.05) is 0 Å². The number of hydrogen-bond donors (Lipinski definition) is 1. The SMILES string of the molecule is CON[C@]12CCCC[C@H]1Cc1ccccc12. The van der Waals surface area contributed by atoms with Crippen LogP contribution in [0, 0.1) is 5.92 Å². The standard InChI is InChI=1S/C14H19NO/c1-16-15-14-9-5-4-7-12(14)10-11-6-2-3-8-13(11)14/h2-3,6,8,12,15H,4-5,7,9-10H2,1H3/t12-,14+/m0/s1. The molecule has 2 aliphatic rings. The van der Waals surface area contributed by atoms with Gasteiger partial charge in [0.15, 0.2) is 0 Å². The molecule has 0 unspecified atom stereocenters. The molecule has 2 atom stereocenters. The minimum Gasteiger partial charge on any atom is -0.304 e. The van der Waals surface area contributed by atoms with Crippen LogP contribution in [0.2, 0.25) is 0 Å². The summed E-state index contributed by atoms with van der Waals surface area (Å²) >= 11 is 0. The number of benzene rings is 1. The molecule has 2 heteroatoms. The van der Waals surface area contributed by atoms with Crippen LogP contribution in [-0.4, -0.2) is 7.11 Å². The van der Waals surface area contributed by atoms with E-state index in [1.54, 1.807) is 7.11 Å². The molecule has 0 heterocycles. The summed E-state index contributed by atoms with van der Waals surface area (Å²) in [6, 6.07) is 8.84. The Bertz CT molecular complexity index is 386. The summed E-state index contributed by atoms with van der Waals surface area (Å²) < 4.78 is 0. The highest BCUT2D eigenvalue weighted by Gasteiger charge is 2.47. The summed E-state index contributed by atoms with van der Waals surface area (Å²) in [5.41, 5.74) is 6.40. The number of hydrogen-bond acceptors (Lipinski definition) is 2. The zero-order chi connectivity index (χ0) is 11.0. The summed E-state index contributed by atoms with van der Waals surface area (Å²) in [5, 5.41) is 0. The van der Waals surface area contributed by atoms with Crippen molar-refractivity contribution in [1.29, 1.82) is 0 Å². The van der Waals surface area contributed by atoms with E-state index in [9.17, 15) is 0 Å². The van der Waals surface area contributed by atoms with Gasteiger partial charge in [0.05, 0.1) is 12.6 Å². The molecule has 0 radical (unpaired) electrons. The molecule has 86 valence electrons. The van der Waals surface area contributed by atoms with Crippen LogP contribution in [0.15, 0.2) is 24.3 Å². The molecule has 0 saturated heterocycles. The summed E-state index contributed by atoms with van der Waals surface area (Å²) in [5.74, 6) is 0.721. The van der Waals surface area contributed by atoms with Crippen molar-refractivity contribution in [3.05, 3.63) is 35.4 Å². The van der Waals surface area contributed by atoms with E-state index in [0.29, 0.717) is 0 Å². The Morgan fingerprint density at radius 3 is 3.06 bits per heavy atom. The van der Waals surface area contributed by atoms with Gasteiger partial charge in [0.2, 0.25) is 0 Å². The molecule has 1 aromatic rings. The highest BCUT2D eigenvalue weighted by atomic mass is 16.6. The molecule has 0 aliphatic heterocycles. The predicted octanol–water partition coefficient (Wildman–Crippen LogP) is 2.78. The highest BCUT2D eigenvalue weighted by molar-refractivity contribution is 5.40. The average molecular weight is 217 g/mol. The molecule has 0 bridgehead atoms. The van der Waals surface area contributed by atoms with Gasteiger partial charge in [-0.3, -0.25) is 0 Å². The van der Waals surface area contributed by atoms with Crippen LogP contribution >= 0.6 is 0 Å². The monoisotopic (exact) mass is 217 g/mol. The van der Waals surface area contributed by atoms with E-state index in [1.165, 1.54) is 43.2 Å².